The maximum atomic E-state index is 10.9. The van der Waals surface area contributed by atoms with E-state index in [0.29, 0.717) is 16.5 Å². The first-order valence-corrected chi connectivity index (χ1v) is 4.42. The summed E-state index contributed by atoms with van der Waals surface area (Å²) >= 11 is 0. The molecule has 15 heavy (non-hydrogen) atoms. The smallest absolute Gasteiger partial charge is 0.355 e. The number of aryl methyl sites for hydroxylation is 1. The molecule has 0 spiro atoms. The molecule has 0 saturated carbocycles. The maximum Gasteiger partial charge on any atom is 0.355 e. The van der Waals surface area contributed by atoms with Crippen molar-refractivity contribution in [3.63, 3.8) is 0 Å². The van der Waals surface area contributed by atoms with Crippen molar-refractivity contribution in [2.45, 2.75) is 6.92 Å². The summed E-state index contributed by atoms with van der Waals surface area (Å²) in [5, 5.41) is 19.5. The molecule has 0 unspecified atom stereocenters. The van der Waals surface area contributed by atoms with E-state index in [2.05, 4.69) is 4.98 Å². The molecule has 0 bridgehead atoms. The van der Waals surface area contributed by atoms with Gasteiger partial charge < -0.3 is 10.2 Å². The number of phenols is 1. The monoisotopic (exact) mass is 203 g/mol. The van der Waals surface area contributed by atoms with Crippen LogP contribution < -0.4 is 0 Å². The fraction of sp³-hybridized carbons (Fsp3) is 0.0909. The van der Waals surface area contributed by atoms with Crippen molar-refractivity contribution in [3.05, 3.63) is 35.7 Å². The maximum absolute atomic E-state index is 10.9. The fourth-order valence-corrected chi connectivity index (χ4v) is 1.55. The first-order valence-electron chi connectivity index (χ1n) is 4.42. The standard InChI is InChI=1S/C11H9NO3/c1-6-5-8-7(3-2-4-9(8)13)10(12-6)11(14)15/h2-5,13H,1H3,(H,14,15). The Kier molecular flexibility index (Phi) is 2.04. The molecule has 4 heteroatoms. The number of hydrogen-bond acceptors (Lipinski definition) is 3. The van der Waals surface area contributed by atoms with Gasteiger partial charge in [0.1, 0.15) is 5.75 Å². The lowest BCUT2D eigenvalue weighted by atomic mass is 10.1. The van der Waals surface area contributed by atoms with Gasteiger partial charge in [-0.2, -0.15) is 0 Å². The highest BCUT2D eigenvalue weighted by Crippen LogP contribution is 2.26. The van der Waals surface area contributed by atoms with Crippen LogP contribution in [0.1, 0.15) is 16.2 Å². The number of aromatic hydroxyl groups is 1. The van der Waals surface area contributed by atoms with Crippen molar-refractivity contribution < 1.29 is 15.0 Å². The van der Waals surface area contributed by atoms with Gasteiger partial charge >= 0.3 is 5.97 Å². The Morgan fingerprint density at radius 2 is 2.07 bits per heavy atom. The van der Waals surface area contributed by atoms with Crippen LogP contribution in [0, 0.1) is 6.92 Å². The van der Waals surface area contributed by atoms with Crippen molar-refractivity contribution in [1.82, 2.24) is 4.98 Å². The molecule has 1 aromatic carbocycles. The molecule has 0 aliphatic heterocycles. The Hall–Kier alpha value is -2.10. The summed E-state index contributed by atoms with van der Waals surface area (Å²) in [6, 6.07) is 6.41. The van der Waals surface area contributed by atoms with Crippen LogP contribution in [-0.2, 0) is 0 Å². The van der Waals surface area contributed by atoms with Gasteiger partial charge in [-0.25, -0.2) is 9.78 Å². The summed E-state index contributed by atoms with van der Waals surface area (Å²) in [5.41, 5.74) is 0.544. The lowest BCUT2D eigenvalue weighted by molar-refractivity contribution is 0.0692. The number of carboxylic acid groups (broad SMARTS) is 1. The van der Waals surface area contributed by atoms with Crippen LogP contribution in [0.2, 0.25) is 0 Å². The molecule has 0 aliphatic rings. The number of aromatic carboxylic acids is 1. The van der Waals surface area contributed by atoms with Gasteiger partial charge in [-0.05, 0) is 19.1 Å². The van der Waals surface area contributed by atoms with Crippen molar-refractivity contribution in [1.29, 1.82) is 0 Å². The number of carboxylic acids is 1. The number of benzene rings is 1. The zero-order valence-electron chi connectivity index (χ0n) is 8.06. The molecule has 0 fully saturated rings. The lowest BCUT2D eigenvalue weighted by Crippen LogP contribution is -2.02. The van der Waals surface area contributed by atoms with E-state index in [0.717, 1.165) is 0 Å². The van der Waals surface area contributed by atoms with Crippen molar-refractivity contribution in [2.75, 3.05) is 0 Å². The van der Waals surface area contributed by atoms with Crippen molar-refractivity contribution in [2.24, 2.45) is 0 Å². The van der Waals surface area contributed by atoms with Gasteiger partial charge in [-0.3, -0.25) is 0 Å². The number of rotatable bonds is 1. The zero-order chi connectivity index (χ0) is 11.0. The topological polar surface area (TPSA) is 70.4 Å². The Morgan fingerprint density at radius 1 is 1.33 bits per heavy atom. The highest BCUT2D eigenvalue weighted by Gasteiger charge is 2.12. The van der Waals surface area contributed by atoms with Crippen LogP contribution in [0.5, 0.6) is 5.75 Å². The average molecular weight is 203 g/mol. The molecule has 0 aliphatic carbocycles. The molecule has 0 amide bonds. The molecule has 4 nitrogen and oxygen atoms in total. The quantitative estimate of drug-likeness (QED) is 0.743. The Morgan fingerprint density at radius 3 is 2.73 bits per heavy atom. The van der Waals surface area contributed by atoms with E-state index in [9.17, 15) is 9.90 Å². The van der Waals surface area contributed by atoms with Crippen molar-refractivity contribution >= 4 is 16.7 Å². The highest BCUT2D eigenvalue weighted by atomic mass is 16.4. The minimum absolute atomic E-state index is 0.0269. The fourth-order valence-electron chi connectivity index (χ4n) is 1.55. The lowest BCUT2D eigenvalue weighted by Gasteiger charge is -2.04. The van der Waals surface area contributed by atoms with E-state index in [1.54, 1.807) is 25.1 Å². The molecule has 0 saturated heterocycles. The van der Waals surface area contributed by atoms with E-state index in [1.807, 2.05) is 0 Å². The van der Waals surface area contributed by atoms with Crippen LogP contribution in [0.25, 0.3) is 10.8 Å². The second-order valence-corrected chi connectivity index (χ2v) is 3.29. The predicted octanol–water partition coefficient (Wildman–Crippen LogP) is 1.95. The van der Waals surface area contributed by atoms with E-state index < -0.39 is 5.97 Å². The van der Waals surface area contributed by atoms with Gasteiger partial charge in [0.15, 0.2) is 5.69 Å². The average Bonchev–Trinajstić information content (AvgIpc) is 2.18. The third kappa shape index (κ3) is 1.50. The molecule has 2 rings (SSSR count). The third-order valence-electron chi connectivity index (χ3n) is 2.18. The molecule has 0 atom stereocenters. The molecule has 2 N–H and O–H groups in total. The largest absolute Gasteiger partial charge is 0.507 e. The highest BCUT2D eigenvalue weighted by molar-refractivity contribution is 6.03. The molecule has 2 aromatic rings. The summed E-state index contributed by atoms with van der Waals surface area (Å²) < 4.78 is 0. The van der Waals surface area contributed by atoms with E-state index in [4.69, 9.17) is 5.11 Å². The summed E-state index contributed by atoms with van der Waals surface area (Å²) in [6.07, 6.45) is 0. The number of hydrogen-bond donors (Lipinski definition) is 2. The van der Waals surface area contributed by atoms with Crippen molar-refractivity contribution in [3.8, 4) is 5.75 Å². The van der Waals surface area contributed by atoms with Gasteiger partial charge in [0.05, 0.1) is 0 Å². The van der Waals surface area contributed by atoms with Gasteiger partial charge in [-0.15, -0.1) is 0 Å². The van der Waals surface area contributed by atoms with Gasteiger partial charge in [0.2, 0.25) is 0 Å². The first kappa shape index (κ1) is 9.45. The number of fused-ring (bicyclic) bond motifs is 1. The van der Waals surface area contributed by atoms with Crippen LogP contribution in [0.3, 0.4) is 0 Å². The number of pyridine rings is 1. The zero-order valence-corrected chi connectivity index (χ0v) is 8.06. The van der Waals surface area contributed by atoms with Crippen LogP contribution in [0.4, 0.5) is 0 Å². The SMILES string of the molecule is Cc1cc2c(O)cccc2c(C(=O)O)n1. The first-order chi connectivity index (χ1) is 7.09. The molecule has 1 aromatic heterocycles. The van der Waals surface area contributed by atoms with Crippen LogP contribution in [-0.4, -0.2) is 21.2 Å². The Labute approximate surface area is 85.8 Å². The third-order valence-corrected chi connectivity index (χ3v) is 2.18. The normalized spacial score (nSPS) is 10.5. The number of aromatic nitrogens is 1. The molecular formula is C11H9NO3. The van der Waals surface area contributed by atoms with Gasteiger partial charge in [0.25, 0.3) is 0 Å². The Bertz CT molecular complexity index is 549. The summed E-state index contributed by atoms with van der Waals surface area (Å²) in [6.45, 7) is 1.69. The predicted molar refractivity (Wildman–Crippen MR) is 55.1 cm³/mol. The minimum Gasteiger partial charge on any atom is -0.507 e. The minimum atomic E-state index is -1.09. The molecule has 1 heterocycles. The van der Waals surface area contributed by atoms with Crippen LogP contribution >= 0.6 is 0 Å². The van der Waals surface area contributed by atoms with Gasteiger partial charge in [-0.1, -0.05) is 12.1 Å². The second kappa shape index (κ2) is 3.24. The van der Waals surface area contributed by atoms with Gasteiger partial charge in [0, 0.05) is 16.5 Å². The number of phenolic OH excluding ortho intramolecular Hbond substituents is 1. The van der Waals surface area contributed by atoms with E-state index in [1.165, 1.54) is 6.07 Å². The molecular weight excluding hydrogens is 194 g/mol. The Balaban J connectivity index is 2.92. The number of carbonyl (C=O) groups is 1. The summed E-state index contributed by atoms with van der Waals surface area (Å²) in [4.78, 5) is 14.9. The number of nitrogens with zero attached hydrogens (tertiary/aromatic N) is 1. The van der Waals surface area contributed by atoms with Crippen LogP contribution in [0.15, 0.2) is 24.3 Å². The van der Waals surface area contributed by atoms with E-state index >= 15 is 0 Å². The summed E-state index contributed by atoms with van der Waals surface area (Å²) in [5.74, 6) is -1.02. The summed E-state index contributed by atoms with van der Waals surface area (Å²) in [7, 11) is 0. The van der Waals surface area contributed by atoms with E-state index in [-0.39, 0.29) is 11.4 Å². The molecule has 0 radical (unpaired) electrons. The second-order valence-electron chi connectivity index (χ2n) is 3.29. The molecule has 76 valence electrons.